The molecule has 0 saturated heterocycles. The molecule has 3 nitrogen and oxygen atoms in total. The summed E-state index contributed by atoms with van der Waals surface area (Å²) in [5.74, 6) is 0. The molecule has 0 radical (unpaired) electrons. The Kier molecular flexibility index (Phi) is 4.47. The summed E-state index contributed by atoms with van der Waals surface area (Å²) >= 11 is 1.49. The zero-order chi connectivity index (χ0) is 13.0. The quantitative estimate of drug-likeness (QED) is 0.901. The van der Waals surface area contributed by atoms with Gasteiger partial charge in [-0.15, -0.1) is 11.3 Å². The van der Waals surface area contributed by atoms with Gasteiger partial charge in [0, 0.05) is 18.1 Å². The summed E-state index contributed by atoms with van der Waals surface area (Å²) in [7, 11) is 1.71. The molecule has 1 unspecified atom stereocenters. The van der Waals surface area contributed by atoms with Crippen molar-refractivity contribution in [1.82, 2.24) is 4.98 Å². The van der Waals surface area contributed by atoms with Gasteiger partial charge < -0.3 is 9.84 Å². The Morgan fingerprint density at radius 1 is 1.33 bits per heavy atom. The number of ether oxygens (including phenoxy) is 1. The van der Waals surface area contributed by atoms with Gasteiger partial charge in [-0.3, -0.25) is 0 Å². The van der Waals surface area contributed by atoms with Gasteiger partial charge in [0.1, 0.15) is 11.1 Å². The lowest BCUT2D eigenvalue weighted by molar-refractivity contribution is 0.199. The highest BCUT2D eigenvalue weighted by molar-refractivity contribution is 7.10. The number of methoxy groups -OCH3 is 1. The van der Waals surface area contributed by atoms with Crippen LogP contribution in [0.4, 0.5) is 0 Å². The first-order chi connectivity index (χ1) is 8.70. The number of aliphatic hydroxyl groups excluding tert-OH is 1. The van der Waals surface area contributed by atoms with Crippen LogP contribution in [0.2, 0.25) is 0 Å². The predicted molar refractivity (Wildman–Crippen MR) is 73.8 cm³/mol. The summed E-state index contributed by atoms with van der Waals surface area (Å²) in [5, 5.41) is 12.2. The number of aromatic nitrogens is 1. The lowest BCUT2D eigenvalue weighted by Crippen LogP contribution is -1.94. The van der Waals surface area contributed by atoms with Crippen LogP contribution < -0.4 is 0 Å². The van der Waals surface area contributed by atoms with Gasteiger partial charge in [-0.1, -0.05) is 24.3 Å². The summed E-state index contributed by atoms with van der Waals surface area (Å²) in [6.07, 6.45) is 0.428. The van der Waals surface area contributed by atoms with Crippen LogP contribution in [-0.4, -0.2) is 23.8 Å². The third-order valence-electron chi connectivity index (χ3n) is 2.72. The van der Waals surface area contributed by atoms with Crippen molar-refractivity contribution in [3.05, 3.63) is 40.2 Å². The Morgan fingerprint density at radius 3 is 2.61 bits per heavy atom. The van der Waals surface area contributed by atoms with Crippen LogP contribution in [-0.2, 0) is 11.2 Å². The van der Waals surface area contributed by atoms with Gasteiger partial charge in [0.05, 0.1) is 12.3 Å². The van der Waals surface area contributed by atoms with Crippen LogP contribution in [0.15, 0.2) is 29.6 Å². The molecule has 2 aromatic rings. The molecule has 1 heterocycles. The fourth-order valence-electron chi connectivity index (χ4n) is 1.67. The van der Waals surface area contributed by atoms with Crippen LogP contribution in [0, 0.1) is 0 Å². The summed E-state index contributed by atoms with van der Waals surface area (Å²) in [5.41, 5.74) is 3.26. The van der Waals surface area contributed by atoms with Gasteiger partial charge in [0.15, 0.2) is 0 Å². The maximum absolute atomic E-state index is 9.46. The lowest BCUT2D eigenvalue weighted by Gasteiger charge is -2.02. The predicted octanol–water partition coefficient (Wildman–Crippen LogP) is 3.05. The van der Waals surface area contributed by atoms with Gasteiger partial charge in [-0.2, -0.15) is 0 Å². The zero-order valence-electron chi connectivity index (χ0n) is 10.6. The summed E-state index contributed by atoms with van der Waals surface area (Å²) in [6, 6.07) is 8.31. The van der Waals surface area contributed by atoms with E-state index in [0.717, 1.165) is 29.3 Å². The number of hydrogen-bond acceptors (Lipinski definition) is 4. The van der Waals surface area contributed by atoms with Crippen LogP contribution in [0.3, 0.4) is 0 Å². The number of thiazole rings is 1. The molecule has 18 heavy (non-hydrogen) atoms. The molecule has 0 spiro atoms. The molecule has 0 amide bonds. The lowest BCUT2D eigenvalue weighted by atomic mass is 10.1. The number of rotatable bonds is 5. The fourth-order valence-corrected chi connectivity index (χ4v) is 2.44. The first kappa shape index (κ1) is 13.2. The Morgan fingerprint density at radius 2 is 2.06 bits per heavy atom. The van der Waals surface area contributed by atoms with E-state index in [2.05, 4.69) is 29.2 Å². The first-order valence-corrected chi connectivity index (χ1v) is 6.80. The number of nitrogens with zero attached hydrogens (tertiary/aromatic N) is 1. The normalized spacial score (nSPS) is 12.6. The fraction of sp³-hybridized carbons (Fsp3) is 0.357. The van der Waals surface area contributed by atoms with Gasteiger partial charge in [-0.05, 0) is 18.9 Å². The standard InChI is InChI=1S/C14H17NO2S/c1-10(16)14-15-13(9-18-14)12-5-3-11(4-6-12)7-8-17-2/h3-6,9-10,16H,7-8H2,1-2H3. The second-order valence-electron chi connectivity index (χ2n) is 4.19. The van der Waals surface area contributed by atoms with Crippen LogP contribution in [0.1, 0.15) is 23.6 Å². The average Bonchev–Trinajstić information content (AvgIpc) is 2.87. The monoisotopic (exact) mass is 263 g/mol. The summed E-state index contributed by atoms with van der Waals surface area (Å²) < 4.78 is 5.05. The van der Waals surface area contributed by atoms with E-state index in [1.165, 1.54) is 16.9 Å². The molecule has 1 aromatic carbocycles. The molecule has 1 atom stereocenters. The van der Waals surface area contributed by atoms with Gasteiger partial charge in [0.25, 0.3) is 0 Å². The Balaban J connectivity index is 2.12. The topological polar surface area (TPSA) is 42.4 Å². The third-order valence-corrected chi connectivity index (χ3v) is 3.74. The molecule has 0 aliphatic rings. The molecule has 1 N–H and O–H groups in total. The van der Waals surface area contributed by atoms with E-state index in [4.69, 9.17) is 4.74 Å². The highest BCUT2D eigenvalue weighted by atomic mass is 32.1. The van der Waals surface area contributed by atoms with Crippen molar-refractivity contribution >= 4 is 11.3 Å². The van der Waals surface area contributed by atoms with E-state index in [0.29, 0.717) is 0 Å². The van der Waals surface area contributed by atoms with Crippen LogP contribution in [0.5, 0.6) is 0 Å². The molecular formula is C14H17NO2S. The molecule has 4 heteroatoms. The van der Waals surface area contributed by atoms with Crippen LogP contribution in [0.25, 0.3) is 11.3 Å². The molecule has 0 saturated carbocycles. The van der Waals surface area contributed by atoms with E-state index in [9.17, 15) is 5.11 Å². The Labute approximate surface area is 111 Å². The molecule has 0 bridgehead atoms. The van der Waals surface area contributed by atoms with E-state index >= 15 is 0 Å². The molecule has 0 aliphatic carbocycles. The second-order valence-corrected chi connectivity index (χ2v) is 5.08. The third kappa shape index (κ3) is 3.16. The molecule has 96 valence electrons. The van der Waals surface area contributed by atoms with Crippen molar-refractivity contribution < 1.29 is 9.84 Å². The number of hydrogen-bond donors (Lipinski definition) is 1. The molecular weight excluding hydrogens is 246 g/mol. The van der Waals surface area contributed by atoms with Crippen molar-refractivity contribution in [1.29, 1.82) is 0 Å². The average molecular weight is 263 g/mol. The van der Waals surface area contributed by atoms with E-state index in [1.54, 1.807) is 14.0 Å². The highest BCUT2D eigenvalue weighted by Gasteiger charge is 2.08. The Hall–Kier alpha value is -1.23. The maximum atomic E-state index is 9.46. The smallest absolute Gasteiger partial charge is 0.122 e. The largest absolute Gasteiger partial charge is 0.386 e. The minimum atomic E-state index is -0.496. The minimum Gasteiger partial charge on any atom is -0.386 e. The van der Waals surface area contributed by atoms with Crippen molar-refractivity contribution in [3.63, 3.8) is 0 Å². The number of aliphatic hydroxyl groups is 1. The van der Waals surface area contributed by atoms with E-state index < -0.39 is 6.10 Å². The summed E-state index contributed by atoms with van der Waals surface area (Å²) in [4.78, 5) is 4.42. The number of benzene rings is 1. The van der Waals surface area contributed by atoms with Crippen molar-refractivity contribution in [2.24, 2.45) is 0 Å². The van der Waals surface area contributed by atoms with Gasteiger partial charge in [0.2, 0.25) is 0 Å². The highest BCUT2D eigenvalue weighted by Crippen LogP contribution is 2.25. The van der Waals surface area contributed by atoms with E-state index in [1.807, 2.05) is 5.38 Å². The van der Waals surface area contributed by atoms with Gasteiger partial charge in [-0.25, -0.2) is 4.98 Å². The maximum Gasteiger partial charge on any atom is 0.122 e. The SMILES string of the molecule is COCCc1ccc(-c2csc(C(C)O)n2)cc1. The minimum absolute atomic E-state index is 0.496. The van der Waals surface area contributed by atoms with Crippen molar-refractivity contribution in [2.75, 3.05) is 13.7 Å². The zero-order valence-corrected chi connectivity index (χ0v) is 11.4. The van der Waals surface area contributed by atoms with E-state index in [-0.39, 0.29) is 0 Å². The molecule has 0 fully saturated rings. The van der Waals surface area contributed by atoms with Crippen LogP contribution >= 0.6 is 11.3 Å². The molecule has 2 rings (SSSR count). The van der Waals surface area contributed by atoms with Gasteiger partial charge >= 0.3 is 0 Å². The van der Waals surface area contributed by atoms with Crippen molar-refractivity contribution in [3.8, 4) is 11.3 Å². The second kappa shape index (κ2) is 6.09. The molecule has 1 aromatic heterocycles. The summed E-state index contributed by atoms with van der Waals surface area (Å²) in [6.45, 7) is 2.47. The van der Waals surface area contributed by atoms with Crippen molar-refractivity contribution in [2.45, 2.75) is 19.4 Å². The molecule has 0 aliphatic heterocycles. The first-order valence-electron chi connectivity index (χ1n) is 5.92. The Bertz CT molecular complexity index is 491.